The van der Waals surface area contributed by atoms with E-state index < -0.39 is 6.10 Å². The molecular weight excluding hydrogens is 182 g/mol. The van der Waals surface area contributed by atoms with E-state index in [0.29, 0.717) is 5.69 Å². The Bertz CT molecular complexity index is 311. The Morgan fingerprint density at radius 2 is 2.36 bits per heavy atom. The molecule has 0 spiro atoms. The third-order valence-corrected chi connectivity index (χ3v) is 2.74. The molecule has 0 radical (unpaired) electrons. The van der Waals surface area contributed by atoms with E-state index in [2.05, 4.69) is 10.3 Å². The van der Waals surface area contributed by atoms with Crippen LogP contribution in [0.2, 0.25) is 0 Å². The minimum Gasteiger partial charge on any atom is -0.391 e. The largest absolute Gasteiger partial charge is 0.391 e. The fourth-order valence-electron chi connectivity index (χ4n) is 1.87. The summed E-state index contributed by atoms with van der Waals surface area (Å²) in [6.07, 6.45) is 3.58. The molecule has 1 aliphatic carbocycles. The fraction of sp³-hybridized carbons (Fsp3) is 0.778. The summed E-state index contributed by atoms with van der Waals surface area (Å²) in [5.41, 5.74) is 0.559. The predicted octanol–water partition coefficient (Wildman–Crippen LogP) is 0.417. The number of hydrogen-bond donors (Lipinski definition) is 2. The van der Waals surface area contributed by atoms with Crippen LogP contribution in [-0.2, 0) is 0 Å². The lowest BCUT2D eigenvalue weighted by atomic mass is 10.2. The van der Waals surface area contributed by atoms with Gasteiger partial charge < -0.3 is 10.2 Å². The van der Waals surface area contributed by atoms with E-state index in [4.69, 9.17) is 0 Å². The second kappa shape index (κ2) is 3.67. The number of nitrogens with zero attached hydrogens (tertiary/aromatic N) is 3. The Kier molecular flexibility index (Phi) is 2.52. The van der Waals surface area contributed by atoms with Crippen LogP contribution < -0.4 is 0 Å². The van der Waals surface area contributed by atoms with Crippen molar-refractivity contribution >= 4 is 0 Å². The van der Waals surface area contributed by atoms with Crippen LogP contribution in [0.15, 0.2) is 6.20 Å². The van der Waals surface area contributed by atoms with Crippen LogP contribution in [0.3, 0.4) is 0 Å². The van der Waals surface area contributed by atoms with Crippen molar-refractivity contribution in [1.82, 2.24) is 15.0 Å². The minimum absolute atomic E-state index is 0.0370. The first-order chi connectivity index (χ1) is 6.68. The number of hydrogen-bond acceptors (Lipinski definition) is 4. The molecule has 1 aliphatic rings. The molecule has 0 saturated heterocycles. The second-order valence-electron chi connectivity index (χ2n) is 3.86. The number of aromatic nitrogens is 3. The number of aliphatic hydroxyl groups excluding tert-OH is 2. The Labute approximate surface area is 82.4 Å². The molecule has 1 fully saturated rings. The van der Waals surface area contributed by atoms with Crippen LogP contribution in [0.4, 0.5) is 0 Å². The van der Waals surface area contributed by atoms with Gasteiger partial charge in [0.2, 0.25) is 0 Å². The first-order valence-electron chi connectivity index (χ1n) is 4.96. The van der Waals surface area contributed by atoms with E-state index in [1.807, 2.05) is 0 Å². The molecule has 1 saturated carbocycles. The van der Waals surface area contributed by atoms with Crippen molar-refractivity contribution < 1.29 is 10.2 Å². The van der Waals surface area contributed by atoms with Gasteiger partial charge in [-0.05, 0) is 26.2 Å². The van der Waals surface area contributed by atoms with Gasteiger partial charge in [-0.3, -0.25) is 0 Å². The zero-order valence-electron chi connectivity index (χ0n) is 8.17. The zero-order chi connectivity index (χ0) is 10.1. The molecule has 78 valence electrons. The molecule has 3 atom stereocenters. The SMILES string of the molecule is C[C@H](O)c1cn(C2CCCC2O)nn1. The molecule has 1 heterocycles. The van der Waals surface area contributed by atoms with E-state index in [1.165, 1.54) is 0 Å². The lowest BCUT2D eigenvalue weighted by Crippen LogP contribution is -2.18. The lowest BCUT2D eigenvalue weighted by molar-refractivity contribution is 0.129. The highest BCUT2D eigenvalue weighted by Gasteiger charge is 2.27. The maximum atomic E-state index is 9.64. The highest BCUT2D eigenvalue weighted by atomic mass is 16.3. The van der Waals surface area contributed by atoms with E-state index >= 15 is 0 Å². The van der Waals surface area contributed by atoms with Gasteiger partial charge in [0, 0.05) is 0 Å². The van der Waals surface area contributed by atoms with Crippen molar-refractivity contribution in [3.8, 4) is 0 Å². The molecule has 2 unspecified atom stereocenters. The van der Waals surface area contributed by atoms with Crippen LogP contribution in [0, 0.1) is 0 Å². The van der Waals surface area contributed by atoms with Crippen LogP contribution >= 0.6 is 0 Å². The summed E-state index contributed by atoms with van der Waals surface area (Å²) in [5, 5.41) is 26.7. The molecule has 5 heteroatoms. The fourth-order valence-corrected chi connectivity index (χ4v) is 1.87. The van der Waals surface area contributed by atoms with Crippen molar-refractivity contribution in [1.29, 1.82) is 0 Å². The first-order valence-corrected chi connectivity index (χ1v) is 4.96. The van der Waals surface area contributed by atoms with Gasteiger partial charge in [0.25, 0.3) is 0 Å². The summed E-state index contributed by atoms with van der Waals surface area (Å²) in [6.45, 7) is 1.65. The van der Waals surface area contributed by atoms with Gasteiger partial charge in [0.15, 0.2) is 0 Å². The molecular formula is C9H15N3O2. The highest BCUT2D eigenvalue weighted by Crippen LogP contribution is 2.29. The third-order valence-electron chi connectivity index (χ3n) is 2.74. The van der Waals surface area contributed by atoms with Crippen molar-refractivity contribution in [2.45, 2.75) is 44.4 Å². The smallest absolute Gasteiger partial charge is 0.111 e. The van der Waals surface area contributed by atoms with Crippen molar-refractivity contribution in [3.05, 3.63) is 11.9 Å². The first kappa shape index (κ1) is 9.61. The summed E-state index contributed by atoms with van der Waals surface area (Å²) < 4.78 is 1.67. The molecule has 0 aromatic carbocycles. The second-order valence-corrected chi connectivity index (χ2v) is 3.86. The molecule has 14 heavy (non-hydrogen) atoms. The molecule has 0 aliphatic heterocycles. The van der Waals surface area contributed by atoms with Crippen LogP contribution in [0.1, 0.15) is 44.0 Å². The molecule has 2 N–H and O–H groups in total. The van der Waals surface area contributed by atoms with Crippen molar-refractivity contribution in [3.63, 3.8) is 0 Å². The minimum atomic E-state index is -0.595. The summed E-state index contributed by atoms with van der Waals surface area (Å²) in [6, 6.07) is 0.0370. The number of aliphatic hydroxyl groups is 2. The number of rotatable bonds is 2. The molecule has 1 aromatic heterocycles. The maximum Gasteiger partial charge on any atom is 0.111 e. The van der Waals surface area contributed by atoms with E-state index in [1.54, 1.807) is 17.8 Å². The molecule has 5 nitrogen and oxygen atoms in total. The Hall–Kier alpha value is -0.940. The maximum absolute atomic E-state index is 9.64. The quantitative estimate of drug-likeness (QED) is 0.720. The van der Waals surface area contributed by atoms with E-state index in [0.717, 1.165) is 19.3 Å². The van der Waals surface area contributed by atoms with Gasteiger partial charge in [0.05, 0.1) is 24.4 Å². The molecule has 1 aromatic rings. The lowest BCUT2D eigenvalue weighted by Gasteiger charge is -2.13. The Balaban J connectivity index is 2.16. The average molecular weight is 197 g/mol. The standard InChI is InChI=1S/C9H15N3O2/c1-6(13)7-5-12(11-10-7)8-3-2-4-9(8)14/h5-6,8-9,13-14H,2-4H2,1H3/t6-,8?,9?/m0/s1. The van der Waals surface area contributed by atoms with Crippen molar-refractivity contribution in [2.75, 3.05) is 0 Å². The van der Waals surface area contributed by atoms with E-state index in [9.17, 15) is 10.2 Å². The molecule has 0 amide bonds. The topological polar surface area (TPSA) is 71.2 Å². The predicted molar refractivity (Wildman–Crippen MR) is 49.6 cm³/mol. The normalized spacial score (nSPS) is 29.4. The Morgan fingerprint density at radius 1 is 1.57 bits per heavy atom. The zero-order valence-corrected chi connectivity index (χ0v) is 8.17. The van der Waals surface area contributed by atoms with Gasteiger partial charge in [-0.15, -0.1) is 5.10 Å². The summed E-state index contributed by atoms with van der Waals surface area (Å²) in [5.74, 6) is 0. The summed E-state index contributed by atoms with van der Waals surface area (Å²) >= 11 is 0. The van der Waals surface area contributed by atoms with Gasteiger partial charge in [-0.25, -0.2) is 4.68 Å². The third kappa shape index (κ3) is 1.65. The van der Waals surface area contributed by atoms with Crippen LogP contribution in [0.5, 0.6) is 0 Å². The monoisotopic (exact) mass is 197 g/mol. The molecule has 0 bridgehead atoms. The van der Waals surface area contributed by atoms with Gasteiger partial charge in [0.1, 0.15) is 5.69 Å². The summed E-state index contributed by atoms with van der Waals surface area (Å²) in [4.78, 5) is 0. The van der Waals surface area contributed by atoms with Gasteiger partial charge >= 0.3 is 0 Å². The van der Waals surface area contributed by atoms with Gasteiger partial charge in [-0.2, -0.15) is 0 Å². The van der Waals surface area contributed by atoms with Gasteiger partial charge in [-0.1, -0.05) is 5.21 Å². The van der Waals surface area contributed by atoms with Crippen LogP contribution in [0.25, 0.3) is 0 Å². The highest BCUT2D eigenvalue weighted by molar-refractivity contribution is 4.97. The van der Waals surface area contributed by atoms with Crippen LogP contribution in [-0.4, -0.2) is 31.3 Å². The van der Waals surface area contributed by atoms with E-state index in [-0.39, 0.29) is 12.1 Å². The average Bonchev–Trinajstić information content (AvgIpc) is 2.71. The summed E-state index contributed by atoms with van der Waals surface area (Å²) in [7, 11) is 0. The molecule has 2 rings (SSSR count). The van der Waals surface area contributed by atoms with Crippen molar-refractivity contribution in [2.24, 2.45) is 0 Å². The Morgan fingerprint density at radius 3 is 2.86 bits per heavy atom.